The molecule has 2 rings (SSSR count). The average Bonchev–Trinajstić information content (AvgIpc) is 2.96. The molecule has 0 radical (unpaired) electrons. The van der Waals surface area contributed by atoms with Crippen LogP contribution < -0.4 is 0 Å². The Morgan fingerprint density at radius 3 is 2.86 bits per heavy atom. The molecule has 0 saturated heterocycles. The van der Waals surface area contributed by atoms with Crippen LogP contribution in [0.25, 0.3) is 0 Å². The van der Waals surface area contributed by atoms with Crippen LogP contribution >= 0.6 is 11.8 Å². The molecule has 1 heterocycles. The fourth-order valence-electron chi connectivity index (χ4n) is 1.41. The van der Waals surface area contributed by atoms with Crippen molar-refractivity contribution in [2.45, 2.75) is 44.0 Å². The molecule has 0 amide bonds. The summed E-state index contributed by atoms with van der Waals surface area (Å²) in [5.74, 6) is 1.78. The molecule has 0 aromatic carbocycles. The Morgan fingerprint density at radius 1 is 1.50 bits per heavy atom. The lowest BCUT2D eigenvalue weighted by molar-refractivity contribution is 0.263. The highest BCUT2D eigenvalue weighted by atomic mass is 32.2. The molecule has 4 nitrogen and oxygen atoms in total. The summed E-state index contributed by atoms with van der Waals surface area (Å²) in [5.41, 5.74) is 0. The van der Waals surface area contributed by atoms with E-state index < -0.39 is 0 Å². The normalized spacial score (nSPS) is 16.1. The molecule has 0 aliphatic heterocycles. The third kappa shape index (κ3) is 1.93. The van der Waals surface area contributed by atoms with Gasteiger partial charge in [-0.1, -0.05) is 18.7 Å². The van der Waals surface area contributed by atoms with Crippen molar-refractivity contribution in [2.24, 2.45) is 0 Å². The van der Waals surface area contributed by atoms with Gasteiger partial charge >= 0.3 is 0 Å². The first-order chi connectivity index (χ1) is 6.86. The predicted molar refractivity (Wildman–Crippen MR) is 55.2 cm³/mol. The van der Waals surface area contributed by atoms with Crippen LogP contribution in [0.2, 0.25) is 0 Å². The molecule has 0 atom stereocenters. The quantitative estimate of drug-likeness (QED) is 0.755. The average molecular weight is 213 g/mol. The first-order valence-electron chi connectivity index (χ1n) is 5.04. The highest BCUT2D eigenvalue weighted by Gasteiger charge is 2.29. The van der Waals surface area contributed by atoms with E-state index in [1.54, 1.807) is 11.8 Å². The third-order valence-electron chi connectivity index (χ3n) is 2.22. The van der Waals surface area contributed by atoms with Crippen molar-refractivity contribution in [3.05, 3.63) is 5.82 Å². The minimum atomic E-state index is -0.00378. The van der Waals surface area contributed by atoms with E-state index >= 15 is 0 Å². The number of thioether (sulfide) groups is 1. The van der Waals surface area contributed by atoms with Crippen LogP contribution in [0.1, 0.15) is 38.1 Å². The van der Waals surface area contributed by atoms with Crippen molar-refractivity contribution < 1.29 is 5.11 Å². The highest BCUT2D eigenvalue weighted by Crippen LogP contribution is 2.38. The predicted octanol–water partition coefficient (Wildman–Crippen LogP) is 1.61. The fraction of sp³-hybridized carbons (Fsp3) is 0.778. The topological polar surface area (TPSA) is 50.9 Å². The van der Waals surface area contributed by atoms with E-state index in [9.17, 15) is 0 Å². The second-order valence-corrected chi connectivity index (χ2v) is 4.57. The van der Waals surface area contributed by atoms with E-state index in [1.165, 1.54) is 12.8 Å². The zero-order valence-corrected chi connectivity index (χ0v) is 9.13. The minimum absolute atomic E-state index is 0.00378. The van der Waals surface area contributed by atoms with Crippen LogP contribution in [0.4, 0.5) is 0 Å². The van der Waals surface area contributed by atoms with Gasteiger partial charge in [-0.25, -0.2) is 0 Å². The van der Waals surface area contributed by atoms with Crippen molar-refractivity contribution in [1.82, 2.24) is 14.8 Å². The summed E-state index contributed by atoms with van der Waals surface area (Å²) < 4.78 is 2.10. The molecular formula is C9H15N3OS. The van der Waals surface area contributed by atoms with Crippen LogP contribution in [-0.4, -0.2) is 25.6 Å². The van der Waals surface area contributed by atoms with Crippen LogP contribution in [0, 0.1) is 0 Å². The number of nitrogens with zero attached hydrogens (tertiary/aromatic N) is 3. The van der Waals surface area contributed by atoms with Gasteiger partial charge in [0.2, 0.25) is 0 Å². The Balaban J connectivity index is 2.16. The maximum Gasteiger partial charge on any atom is 0.191 e. The molecular weight excluding hydrogens is 198 g/mol. The lowest BCUT2D eigenvalue weighted by Crippen LogP contribution is -2.02. The van der Waals surface area contributed by atoms with E-state index in [2.05, 4.69) is 21.7 Å². The van der Waals surface area contributed by atoms with Gasteiger partial charge in [-0.05, 0) is 19.3 Å². The summed E-state index contributed by atoms with van der Waals surface area (Å²) in [4.78, 5) is 0. The molecule has 0 spiro atoms. The van der Waals surface area contributed by atoms with Gasteiger partial charge < -0.3 is 9.67 Å². The Labute approximate surface area is 87.7 Å². The Hall–Kier alpha value is -0.550. The Bertz CT molecular complexity index is 309. The molecule has 1 aliphatic carbocycles. The first kappa shape index (κ1) is 9.98. The second-order valence-electron chi connectivity index (χ2n) is 3.51. The van der Waals surface area contributed by atoms with Crippen molar-refractivity contribution in [3.63, 3.8) is 0 Å². The largest absolute Gasteiger partial charge is 0.388 e. The monoisotopic (exact) mass is 213 g/mol. The smallest absolute Gasteiger partial charge is 0.191 e. The molecule has 78 valence electrons. The van der Waals surface area contributed by atoms with Gasteiger partial charge in [0.1, 0.15) is 6.61 Å². The number of hydrogen-bond acceptors (Lipinski definition) is 4. The molecule has 0 unspecified atom stereocenters. The van der Waals surface area contributed by atoms with Gasteiger partial charge in [0.05, 0.1) is 0 Å². The summed E-state index contributed by atoms with van der Waals surface area (Å²) in [6, 6.07) is 0.548. The summed E-state index contributed by atoms with van der Waals surface area (Å²) in [6.07, 6.45) is 3.53. The summed E-state index contributed by atoms with van der Waals surface area (Å²) in [5, 5.41) is 18.2. The van der Waals surface area contributed by atoms with Crippen LogP contribution in [-0.2, 0) is 6.61 Å². The van der Waals surface area contributed by atoms with E-state index in [-0.39, 0.29) is 6.61 Å². The zero-order valence-electron chi connectivity index (χ0n) is 8.31. The Morgan fingerprint density at radius 2 is 2.29 bits per heavy atom. The van der Waals surface area contributed by atoms with Gasteiger partial charge in [0.15, 0.2) is 11.0 Å². The molecule has 1 aromatic rings. The molecule has 1 N–H and O–H groups in total. The lowest BCUT2D eigenvalue weighted by atomic mass is 10.6. The molecule has 1 fully saturated rings. The number of aliphatic hydroxyl groups is 1. The van der Waals surface area contributed by atoms with Crippen molar-refractivity contribution >= 4 is 11.8 Å². The fourth-order valence-corrected chi connectivity index (χ4v) is 2.29. The molecule has 1 saturated carbocycles. The maximum atomic E-state index is 9.10. The van der Waals surface area contributed by atoms with E-state index in [1.807, 2.05) is 0 Å². The van der Waals surface area contributed by atoms with Crippen LogP contribution in [0.3, 0.4) is 0 Å². The van der Waals surface area contributed by atoms with E-state index in [0.717, 1.165) is 17.3 Å². The molecule has 14 heavy (non-hydrogen) atoms. The summed E-state index contributed by atoms with van der Waals surface area (Å²) in [6.45, 7) is 2.15. The Kier molecular flexibility index (Phi) is 3.08. The molecule has 0 bridgehead atoms. The van der Waals surface area contributed by atoms with Gasteiger partial charge in [0, 0.05) is 11.8 Å². The molecule has 1 aliphatic rings. The van der Waals surface area contributed by atoms with E-state index in [4.69, 9.17) is 5.11 Å². The number of aliphatic hydroxyl groups excluding tert-OH is 1. The van der Waals surface area contributed by atoms with Crippen molar-refractivity contribution in [1.29, 1.82) is 0 Å². The zero-order chi connectivity index (χ0) is 9.97. The van der Waals surface area contributed by atoms with Crippen LogP contribution in [0.5, 0.6) is 0 Å². The maximum absolute atomic E-state index is 9.10. The second kappa shape index (κ2) is 4.31. The minimum Gasteiger partial charge on any atom is -0.388 e. The summed E-state index contributed by atoms with van der Waals surface area (Å²) in [7, 11) is 0. The standard InChI is InChI=1S/C9H15N3OS/c1-2-5-14-9-11-10-8(6-13)12(9)7-3-4-7/h7,13H,2-6H2,1H3. The van der Waals surface area contributed by atoms with Gasteiger partial charge in [-0.3, -0.25) is 0 Å². The number of rotatable bonds is 5. The van der Waals surface area contributed by atoms with Gasteiger partial charge in [-0.2, -0.15) is 0 Å². The van der Waals surface area contributed by atoms with Crippen molar-refractivity contribution in [2.75, 3.05) is 5.75 Å². The number of aromatic nitrogens is 3. The lowest BCUT2D eigenvalue weighted by Gasteiger charge is -2.05. The SMILES string of the molecule is CCCSc1nnc(CO)n1C1CC1. The van der Waals surface area contributed by atoms with Crippen LogP contribution in [0.15, 0.2) is 5.16 Å². The highest BCUT2D eigenvalue weighted by molar-refractivity contribution is 7.99. The van der Waals surface area contributed by atoms with Gasteiger partial charge in [-0.15, -0.1) is 10.2 Å². The molecule has 1 aromatic heterocycles. The summed E-state index contributed by atoms with van der Waals surface area (Å²) >= 11 is 1.73. The van der Waals surface area contributed by atoms with Crippen molar-refractivity contribution in [3.8, 4) is 0 Å². The molecule has 5 heteroatoms. The third-order valence-corrected chi connectivity index (χ3v) is 3.37. The van der Waals surface area contributed by atoms with E-state index in [0.29, 0.717) is 11.9 Å². The first-order valence-corrected chi connectivity index (χ1v) is 6.02. The number of hydrogen-bond donors (Lipinski definition) is 1. The van der Waals surface area contributed by atoms with Gasteiger partial charge in [0.25, 0.3) is 0 Å².